The molecule has 0 spiro atoms. The van der Waals surface area contributed by atoms with Gasteiger partial charge < -0.3 is 14.8 Å². The van der Waals surface area contributed by atoms with E-state index in [1.165, 1.54) is 7.11 Å². The summed E-state index contributed by atoms with van der Waals surface area (Å²) < 4.78 is 9.98. The Morgan fingerprint density at radius 3 is 3.30 bits per heavy atom. The number of hydrogen-bond donors (Lipinski definition) is 1. The summed E-state index contributed by atoms with van der Waals surface area (Å²) in [7, 11) is 1.53. The first-order valence-electron chi connectivity index (χ1n) is 3.24. The van der Waals surface area contributed by atoms with Crippen molar-refractivity contribution in [3.63, 3.8) is 0 Å². The van der Waals surface area contributed by atoms with Gasteiger partial charge in [0.1, 0.15) is 0 Å². The van der Waals surface area contributed by atoms with E-state index in [0.717, 1.165) is 0 Å². The number of rotatable bonds is 1. The Hall–Kier alpha value is -0.610. The van der Waals surface area contributed by atoms with Crippen molar-refractivity contribution in [1.82, 2.24) is 5.32 Å². The molecule has 1 aliphatic rings. The Morgan fingerprint density at radius 1 is 1.80 bits per heavy atom. The van der Waals surface area contributed by atoms with Crippen molar-refractivity contribution in [2.75, 3.05) is 20.3 Å². The van der Waals surface area contributed by atoms with Crippen LogP contribution in [0.4, 0.5) is 0 Å². The highest BCUT2D eigenvalue weighted by atomic mass is 16.7. The molecule has 58 valence electrons. The van der Waals surface area contributed by atoms with E-state index >= 15 is 0 Å². The number of carbonyl (C=O) groups excluding carboxylic acids is 1. The highest BCUT2D eigenvalue weighted by Gasteiger charge is 2.16. The van der Waals surface area contributed by atoms with E-state index in [1.807, 2.05) is 0 Å². The lowest BCUT2D eigenvalue weighted by Gasteiger charge is -2.09. The molecule has 0 aliphatic carbocycles. The molecule has 1 fully saturated rings. The Labute approximate surface area is 59.5 Å². The lowest BCUT2D eigenvalue weighted by Crippen LogP contribution is -2.24. The lowest BCUT2D eigenvalue weighted by molar-refractivity contribution is -0.138. The summed E-state index contributed by atoms with van der Waals surface area (Å²) in [4.78, 5) is 10.8. The van der Waals surface area contributed by atoms with Crippen LogP contribution in [-0.4, -0.2) is 32.5 Å². The standard InChI is InChI=1S/C6H11NO3/c1-9-6-4-5(8)7-2-3-10-6/h6H,2-4H2,1H3,(H,7,8). The highest BCUT2D eigenvalue weighted by Crippen LogP contribution is 2.01. The van der Waals surface area contributed by atoms with Crippen molar-refractivity contribution >= 4 is 5.91 Å². The molecular weight excluding hydrogens is 134 g/mol. The number of methoxy groups -OCH3 is 1. The maximum atomic E-state index is 10.8. The van der Waals surface area contributed by atoms with Crippen molar-refractivity contribution < 1.29 is 14.3 Å². The van der Waals surface area contributed by atoms with Crippen LogP contribution < -0.4 is 5.32 Å². The minimum Gasteiger partial charge on any atom is -0.355 e. The molecular formula is C6H11NO3. The Balaban J connectivity index is 2.38. The molecule has 4 heteroatoms. The number of carbonyl (C=O) groups is 1. The van der Waals surface area contributed by atoms with E-state index in [1.54, 1.807) is 0 Å². The second-order valence-corrected chi connectivity index (χ2v) is 2.09. The van der Waals surface area contributed by atoms with E-state index in [4.69, 9.17) is 9.47 Å². The van der Waals surface area contributed by atoms with Gasteiger partial charge in [0.05, 0.1) is 13.0 Å². The molecule has 1 heterocycles. The minimum atomic E-state index is -0.359. The van der Waals surface area contributed by atoms with Gasteiger partial charge in [-0.25, -0.2) is 0 Å². The van der Waals surface area contributed by atoms with Crippen LogP contribution in [0.15, 0.2) is 0 Å². The van der Waals surface area contributed by atoms with E-state index in [2.05, 4.69) is 5.32 Å². The molecule has 0 saturated carbocycles. The predicted molar refractivity (Wildman–Crippen MR) is 34.4 cm³/mol. The van der Waals surface area contributed by atoms with Crippen LogP contribution in [0.25, 0.3) is 0 Å². The summed E-state index contributed by atoms with van der Waals surface area (Å²) in [6, 6.07) is 0. The molecule has 1 unspecified atom stereocenters. The monoisotopic (exact) mass is 145 g/mol. The topological polar surface area (TPSA) is 47.6 Å². The molecule has 4 nitrogen and oxygen atoms in total. The first-order chi connectivity index (χ1) is 4.83. The van der Waals surface area contributed by atoms with Gasteiger partial charge >= 0.3 is 0 Å². The molecule has 0 aromatic carbocycles. The fourth-order valence-corrected chi connectivity index (χ4v) is 0.815. The Bertz CT molecular complexity index is 126. The number of nitrogens with one attached hydrogen (secondary N) is 1. The van der Waals surface area contributed by atoms with Crippen LogP contribution in [0.5, 0.6) is 0 Å². The summed E-state index contributed by atoms with van der Waals surface area (Å²) in [6.45, 7) is 1.11. The zero-order valence-electron chi connectivity index (χ0n) is 5.92. The predicted octanol–water partition coefficient (Wildman–Crippen LogP) is -0.505. The van der Waals surface area contributed by atoms with Crippen molar-refractivity contribution in [2.24, 2.45) is 0 Å². The summed E-state index contributed by atoms with van der Waals surface area (Å²) in [6.07, 6.45) is -0.0567. The molecule has 1 aliphatic heterocycles. The summed E-state index contributed by atoms with van der Waals surface area (Å²) >= 11 is 0. The van der Waals surface area contributed by atoms with E-state index in [-0.39, 0.29) is 12.2 Å². The quantitative estimate of drug-likeness (QED) is 0.541. The molecule has 1 N–H and O–H groups in total. The largest absolute Gasteiger partial charge is 0.355 e. The van der Waals surface area contributed by atoms with E-state index < -0.39 is 0 Å². The molecule has 0 bridgehead atoms. The third kappa shape index (κ3) is 1.97. The summed E-state index contributed by atoms with van der Waals surface area (Å²) in [5.41, 5.74) is 0. The number of hydrogen-bond acceptors (Lipinski definition) is 3. The maximum Gasteiger partial charge on any atom is 0.225 e. The van der Waals surface area contributed by atoms with Crippen molar-refractivity contribution in [2.45, 2.75) is 12.7 Å². The van der Waals surface area contributed by atoms with Gasteiger partial charge in [0.2, 0.25) is 5.91 Å². The summed E-state index contributed by atoms with van der Waals surface area (Å²) in [5, 5.41) is 2.66. The normalized spacial score (nSPS) is 27.3. The second-order valence-electron chi connectivity index (χ2n) is 2.09. The molecule has 1 atom stereocenters. The smallest absolute Gasteiger partial charge is 0.225 e. The van der Waals surface area contributed by atoms with Gasteiger partial charge in [-0.3, -0.25) is 4.79 Å². The van der Waals surface area contributed by atoms with Crippen LogP contribution in [-0.2, 0) is 14.3 Å². The van der Waals surface area contributed by atoms with Gasteiger partial charge in [0.15, 0.2) is 6.29 Å². The third-order valence-electron chi connectivity index (χ3n) is 1.34. The van der Waals surface area contributed by atoms with Gasteiger partial charge in [-0.2, -0.15) is 0 Å². The molecule has 0 radical (unpaired) electrons. The molecule has 1 rings (SSSR count). The van der Waals surface area contributed by atoms with Gasteiger partial charge in [-0.1, -0.05) is 0 Å². The van der Waals surface area contributed by atoms with Crippen LogP contribution in [0.1, 0.15) is 6.42 Å². The highest BCUT2D eigenvalue weighted by molar-refractivity contribution is 5.76. The average Bonchev–Trinajstić information content (AvgIpc) is 2.13. The average molecular weight is 145 g/mol. The first kappa shape index (κ1) is 7.50. The molecule has 1 amide bonds. The third-order valence-corrected chi connectivity index (χ3v) is 1.34. The van der Waals surface area contributed by atoms with Crippen molar-refractivity contribution in [3.8, 4) is 0 Å². The lowest BCUT2D eigenvalue weighted by atomic mass is 10.4. The molecule has 1 saturated heterocycles. The minimum absolute atomic E-state index is 0.00986. The first-order valence-corrected chi connectivity index (χ1v) is 3.24. The van der Waals surface area contributed by atoms with E-state index in [9.17, 15) is 4.79 Å². The van der Waals surface area contributed by atoms with Gasteiger partial charge in [-0.15, -0.1) is 0 Å². The van der Waals surface area contributed by atoms with Crippen LogP contribution >= 0.6 is 0 Å². The van der Waals surface area contributed by atoms with Gasteiger partial charge in [0, 0.05) is 13.7 Å². The Morgan fingerprint density at radius 2 is 2.60 bits per heavy atom. The Kier molecular flexibility index (Phi) is 2.65. The zero-order valence-corrected chi connectivity index (χ0v) is 5.92. The molecule has 0 aromatic rings. The number of amides is 1. The number of ether oxygens (including phenoxy) is 2. The SMILES string of the molecule is COC1CC(=O)NCCO1. The second kappa shape index (κ2) is 3.53. The van der Waals surface area contributed by atoms with Crippen molar-refractivity contribution in [3.05, 3.63) is 0 Å². The van der Waals surface area contributed by atoms with Crippen molar-refractivity contribution in [1.29, 1.82) is 0 Å². The van der Waals surface area contributed by atoms with E-state index in [0.29, 0.717) is 19.6 Å². The fourth-order valence-electron chi connectivity index (χ4n) is 0.815. The summed E-state index contributed by atoms with van der Waals surface area (Å²) in [5.74, 6) is -0.00986. The van der Waals surface area contributed by atoms with Gasteiger partial charge in [-0.05, 0) is 0 Å². The fraction of sp³-hybridized carbons (Fsp3) is 0.833. The van der Waals surface area contributed by atoms with Crippen LogP contribution in [0.3, 0.4) is 0 Å². The van der Waals surface area contributed by atoms with Gasteiger partial charge in [0.25, 0.3) is 0 Å². The molecule has 10 heavy (non-hydrogen) atoms. The van der Waals surface area contributed by atoms with Crippen LogP contribution in [0, 0.1) is 0 Å². The van der Waals surface area contributed by atoms with Crippen LogP contribution in [0.2, 0.25) is 0 Å². The zero-order chi connectivity index (χ0) is 7.40. The maximum absolute atomic E-state index is 10.8. The molecule has 0 aromatic heterocycles.